The predicted molar refractivity (Wildman–Crippen MR) is 187 cm³/mol. The number of aromatic carboxylic acids is 1. The van der Waals surface area contributed by atoms with E-state index in [0.717, 1.165) is 33.4 Å². The number of hydrogen-bond donors (Lipinski definition) is 4. The molecule has 0 bridgehead atoms. The summed E-state index contributed by atoms with van der Waals surface area (Å²) in [7, 11) is 0. The fourth-order valence-corrected chi connectivity index (χ4v) is 6.84. The van der Waals surface area contributed by atoms with Gasteiger partial charge in [0, 0.05) is 42.0 Å². The summed E-state index contributed by atoms with van der Waals surface area (Å²) in [5.41, 5.74) is 5.84. The number of nitrogens with one attached hydrogen (secondary N) is 1. The van der Waals surface area contributed by atoms with E-state index in [1.165, 1.54) is 11.8 Å². The van der Waals surface area contributed by atoms with Crippen LogP contribution in [-0.2, 0) is 32.2 Å². The molecule has 3 unspecified atom stereocenters. The van der Waals surface area contributed by atoms with Crippen LogP contribution in [0.25, 0.3) is 11.1 Å². The van der Waals surface area contributed by atoms with E-state index < -0.39 is 18.2 Å². The Morgan fingerprint density at radius 1 is 0.776 bits per heavy atom. The molecule has 1 saturated heterocycles. The quantitative estimate of drug-likeness (QED) is 0.0696. The minimum Gasteiger partial charge on any atom is -0.481 e. The highest BCUT2D eigenvalue weighted by atomic mass is 32.2. The summed E-state index contributed by atoms with van der Waals surface area (Å²) in [6.07, 6.45) is 1.82. The monoisotopic (exact) mass is 683 g/mol. The Balaban J connectivity index is 1.27. The molecule has 1 aliphatic rings. The van der Waals surface area contributed by atoms with Crippen LogP contribution in [0.2, 0.25) is 0 Å². The smallest absolute Gasteiger partial charge is 0.336 e. The minimum atomic E-state index is -0.968. The Kier molecular flexibility index (Phi) is 13.0. The Bertz CT molecular complexity index is 1710. The molecule has 1 fully saturated rings. The third-order valence-electron chi connectivity index (χ3n) is 8.44. The minimum absolute atomic E-state index is 0.0438. The lowest BCUT2D eigenvalue weighted by Crippen LogP contribution is -2.31. The van der Waals surface area contributed by atoms with Gasteiger partial charge in [-0.2, -0.15) is 0 Å². The summed E-state index contributed by atoms with van der Waals surface area (Å²) in [6.45, 7) is 0.333. The van der Waals surface area contributed by atoms with Crippen molar-refractivity contribution < 1.29 is 39.2 Å². The molecule has 4 aromatic carbocycles. The number of aliphatic hydroxyl groups excluding tert-OH is 1. The molecule has 256 valence electrons. The van der Waals surface area contributed by atoms with Gasteiger partial charge in [0.25, 0.3) is 0 Å². The number of carboxylic acids is 2. The lowest BCUT2D eigenvalue weighted by atomic mass is 9.97. The third kappa shape index (κ3) is 10.3. The molecule has 9 nitrogen and oxygen atoms in total. The lowest BCUT2D eigenvalue weighted by Gasteiger charge is -2.36. The van der Waals surface area contributed by atoms with E-state index >= 15 is 0 Å². The fourth-order valence-electron chi connectivity index (χ4n) is 5.77. The summed E-state index contributed by atoms with van der Waals surface area (Å²) in [5.74, 6) is -1.31. The maximum atomic E-state index is 12.4. The van der Waals surface area contributed by atoms with Crippen LogP contribution in [0.5, 0.6) is 0 Å². The van der Waals surface area contributed by atoms with Gasteiger partial charge >= 0.3 is 11.9 Å². The van der Waals surface area contributed by atoms with E-state index in [9.17, 15) is 24.6 Å². The zero-order valence-corrected chi connectivity index (χ0v) is 27.9. The van der Waals surface area contributed by atoms with E-state index in [1.54, 1.807) is 12.1 Å². The number of carbonyl (C=O) groups is 3. The number of unbranched alkanes of at least 4 members (excludes halogenated alkanes) is 2. The van der Waals surface area contributed by atoms with Gasteiger partial charge in [0.15, 0.2) is 6.29 Å². The maximum absolute atomic E-state index is 12.4. The first kappa shape index (κ1) is 35.8. The molecule has 0 aliphatic carbocycles. The van der Waals surface area contributed by atoms with Crippen LogP contribution in [0, 0.1) is 0 Å². The Morgan fingerprint density at radius 2 is 1.47 bits per heavy atom. The van der Waals surface area contributed by atoms with Crippen LogP contribution in [-0.4, -0.2) is 45.0 Å². The number of benzene rings is 4. The SMILES string of the molecule is O=C(O)CCCCCC(=O)NCc1ccccc1-c1ccc(C2OC(CSc3ccccc3C(=O)O)CC(c3ccc(CO)cc3)O2)cc1. The zero-order valence-electron chi connectivity index (χ0n) is 27.1. The largest absolute Gasteiger partial charge is 0.481 e. The molecule has 10 heteroatoms. The number of ether oxygens (including phenoxy) is 2. The Labute approximate surface area is 290 Å². The summed E-state index contributed by atoms with van der Waals surface area (Å²) in [4.78, 5) is 35.6. The van der Waals surface area contributed by atoms with Gasteiger partial charge in [0.1, 0.15) is 0 Å². The third-order valence-corrected chi connectivity index (χ3v) is 9.64. The molecule has 0 spiro atoms. The van der Waals surface area contributed by atoms with Gasteiger partial charge in [0.05, 0.1) is 24.4 Å². The number of carbonyl (C=O) groups excluding carboxylic acids is 1. The number of carboxylic acid groups (broad SMARTS) is 2. The van der Waals surface area contributed by atoms with Crippen molar-refractivity contribution in [3.8, 4) is 11.1 Å². The van der Waals surface area contributed by atoms with Crippen molar-refractivity contribution in [2.24, 2.45) is 0 Å². The number of aliphatic hydroxyl groups is 1. The van der Waals surface area contributed by atoms with Crippen molar-refractivity contribution in [2.75, 3.05) is 5.75 Å². The lowest BCUT2D eigenvalue weighted by molar-refractivity contribution is -0.245. The summed E-state index contributed by atoms with van der Waals surface area (Å²) in [5, 5.41) is 30.9. The van der Waals surface area contributed by atoms with E-state index in [0.29, 0.717) is 49.3 Å². The van der Waals surface area contributed by atoms with Gasteiger partial charge in [-0.15, -0.1) is 11.8 Å². The van der Waals surface area contributed by atoms with Crippen LogP contribution < -0.4 is 5.32 Å². The van der Waals surface area contributed by atoms with Gasteiger partial charge < -0.3 is 30.1 Å². The van der Waals surface area contributed by atoms with Gasteiger partial charge in [-0.1, -0.05) is 91.3 Å². The van der Waals surface area contributed by atoms with Gasteiger partial charge in [-0.05, 0) is 52.8 Å². The molecule has 1 amide bonds. The molecule has 1 aliphatic heterocycles. The van der Waals surface area contributed by atoms with Crippen molar-refractivity contribution in [3.05, 3.63) is 125 Å². The molecule has 4 N–H and O–H groups in total. The second-order valence-electron chi connectivity index (χ2n) is 12.0. The number of aliphatic carboxylic acids is 1. The molecular formula is C39H41NO8S. The van der Waals surface area contributed by atoms with Crippen molar-refractivity contribution in [2.45, 2.75) is 75.1 Å². The van der Waals surface area contributed by atoms with Crippen molar-refractivity contribution >= 4 is 29.6 Å². The molecule has 1 heterocycles. The van der Waals surface area contributed by atoms with Gasteiger partial charge in [-0.25, -0.2) is 4.79 Å². The maximum Gasteiger partial charge on any atom is 0.336 e. The second kappa shape index (κ2) is 17.8. The summed E-state index contributed by atoms with van der Waals surface area (Å²) >= 11 is 1.45. The number of amides is 1. The van der Waals surface area contributed by atoms with E-state index in [1.807, 2.05) is 84.9 Å². The average Bonchev–Trinajstić information content (AvgIpc) is 3.13. The molecule has 0 saturated carbocycles. The second-order valence-corrected chi connectivity index (χ2v) is 13.0. The molecule has 4 aromatic rings. The zero-order chi connectivity index (χ0) is 34.6. The molecule has 5 rings (SSSR count). The van der Waals surface area contributed by atoms with E-state index in [4.69, 9.17) is 14.6 Å². The highest BCUT2D eigenvalue weighted by Crippen LogP contribution is 2.40. The van der Waals surface area contributed by atoms with Crippen LogP contribution in [0.4, 0.5) is 0 Å². The van der Waals surface area contributed by atoms with Crippen molar-refractivity contribution in [3.63, 3.8) is 0 Å². The fraction of sp³-hybridized carbons (Fsp3) is 0.308. The molecular weight excluding hydrogens is 642 g/mol. The van der Waals surface area contributed by atoms with E-state index in [-0.39, 0.29) is 36.7 Å². The van der Waals surface area contributed by atoms with Crippen molar-refractivity contribution in [1.82, 2.24) is 5.32 Å². The van der Waals surface area contributed by atoms with Gasteiger partial charge in [-0.3, -0.25) is 9.59 Å². The molecule has 3 atom stereocenters. The topological polar surface area (TPSA) is 142 Å². The number of hydrogen-bond acceptors (Lipinski definition) is 7. The Morgan fingerprint density at radius 3 is 2.20 bits per heavy atom. The molecule has 0 radical (unpaired) electrons. The summed E-state index contributed by atoms with van der Waals surface area (Å²) in [6, 6.07) is 30.5. The van der Waals surface area contributed by atoms with Crippen LogP contribution >= 0.6 is 11.8 Å². The Hall–Kier alpha value is -4.48. The molecule has 0 aromatic heterocycles. The number of thioether (sulfide) groups is 1. The van der Waals surface area contributed by atoms with Crippen molar-refractivity contribution in [1.29, 1.82) is 0 Å². The first-order chi connectivity index (χ1) is 23.8. The number of rotatable bonds is 16. The first-order valence-electron chi connectivity index (χ1n) is 16.4. The van der Waals surface area contributed by atoms with Crippen LogP contribution in [0.3, 0.4) is 0 Å². The predicted octanol–water partition coefficient (Wildman–Crippen LogP) is 7.53. The summed E-state index contributed by atoms with van der Waals surface area (Å²) < 4.78 is 13.0. The van der Waals surface area contributed by atoms with Crippen LogP contribution in [0.1, 0.15) is 83.5 Å². The highest BCUT2D eigenvalue weighted by molar-refractivity contribution is 7.99. The van der Waals surface area contributed by atoms with E-state index in [2.05, 4.69) is 5.32 Å². The van der Waals surface area contributed by atoms with Gasteiger partial charge in [0.2, 0.25) is 5.91 Å². The highest BCUT2D eigenvalue weighted by Gasteiger charge is 2.32. The standard InChI is InChI=1S/C39H41NO8S/c41-24-26-14-16-28(17-15-26)34-22-31(25-49-35-11-7-6-10-33(35)38(45)46)47-39(48-34)29-20-18-27(19-21-29)32-9-5-4-8-30(32)23-40-36(42)12-2-1-3-13-37(43)44/h4-11,14-21,31,34,39,41H,1-3,12-13,22-25H2,(H,40,42)(H,43,44)(H,45,46). The van der Waals surface area contributed by atoms with Crippen LogP contribution in [0.15, 0.2) is 102 Å². The average molecular weight is 684 g/mol. The molecule has 49 heavy (non-hydrogen) atoms. The normalized spacial score (nSPS) is 17.4. The first-order valence-corrected chi connectivity index (χ1v) is 17.4.